The number of hydrogen-bond acceptors (Lipinski definition) is 2. The Labute approximate surface area is 110 Å². The molecule has 0 saturated carbocycles. The zero-order valence-electron chi connectivity index (χ0n) is 10.5. The minimum atomic E-state index is -0.258. The summed E-state index contributed by atoms with van der Waals surface area (Å²) in [5.74, 6) is 0. The van der Waals surface area contributed by atoms with Crippen LogP contribution in [0.5, 0.6) is 0 Å². The van der Waals surface area contributed by atoms with E-state index in [1.165, 1.54) is 4.68 Å². The van der Waals surface area contributed by atoms with Gasteiger partial charge in [0.15, 0.2) is 0 Å². The third-order valence-corrected chi connectivity index (χ3v) is 2.94. The maximum Gasteiger partial charge on any atom is 0.347 e. The minimum absolute atomic E-state index is 0.258. The Hall–Kier alpha value is -2.62. The van der Waals surface area contributed by atoms with E-state index in [4.69, 9.17) is 0 Å². The lowest BCUT2D eigenvalue weighted by Gasteiger charge is -2.05. The number of benzene rings is 2. The fourth-order valence-electron chi connectivity index (χ4n) is 1.99. The van der Waals surface area contributed by atoms with Gasteiger partial charge >= 0.3 is 6.03 Å². The van der Waals surface area contributed by atoms with Crippen LogP contribution in [0.3, 0.4) is 0 Å². The quantitative estimate of drug-likeness (QED) is 0.720. The Morgan fingerprint density at radius 3 is 2.74 bits per heavy atom. The summed E-state index contributed by atoms with van der Waals surface area (Å²) in [5.41, 5.74) is 2.67. The maximum atomic E-state index is 12.2. The number of aryl methyl sites for hydroxylation is 1. The average Bonchev–Trinajstić information content (AvgIpc) is 2.82. The van der Waals surface area contributed by atoms with Crippen molar-refractivity contribution in [3.05, 3.63) is 60.3 Å². The summed E-state index contributed by atoms with van der Waals surface area (Å²) in [6.07, 6.45) is 1.69. The van der Waals surface area contributed by atoms with Gasteiger partial charge in [0.2, 0.25) is 0 Å². The zero-order valence-corrected chi connectivity index (χ0v) is 10.5. The molecule has 0 atom stereocenters. The van der Waals surface area contributed by atoms with E-state index in [-0.39, 0.29) is 6.03 Å². The second-order valence-corrected chi connectivity index (χ2v) is 4.41. The smallest absolute Gasteiger partial charge is 0.306 e. The molecule has 3 aromatic rings. The molecule has 0 aliphatic heterocycles. The molecule has 1 N–H and O–H groups in total. The summed E-state index contributed by atoms with van der Waals surface area (Å²) in [4.78, 5) is 12.2. The van der Waals surface area contributed by atoms with Gasteiger partial charge in [-0.25, -0.2) is 4.79 Å². The normalized spacial score (nSPS) is 10.6. The van der Waals surface area contributed by atoms with Gasteiger partial charge in [0.1, 0.15) is 0 Å². The largest absolute Gasteiger partial charge is 0.347 e. The molecule has 0 aliphatic carbocycles. The van der Waals surface area contributed by atoms with Gasteiger partial charge in [0, 0.05) is 11.1 Å². The first kappa shape index (κ1) is 11.5. The number of anilines is 1. The standard InChI is InChI=1S/C15H13N3O/c1-11-7-8-12-10-16-18(14(12)9-11)15(19)17-13-5-3-2-4-6-13/h2-10H,1H3,(H,17,19). The van der Waals surface area contributed by atoms with Gasteiger partial charge in [0.25, 0.3) is 0 Å². The molecule has 1 amide bonds. The van der Waals surface area contributed by atoms with E-state index < -0.39 is 0 Å². The van der Waals surface area contributed by atoms with Crippen molar-refractivity contribution in [1.29, 1.82) is 0 Å². The number of rotatable bonds is 1. The maximum absolute atomic E-state index is 12.2. The minimum Gasteiger partial charge on any atom is -0.306 e. The molecule has 4 heteroatoms. The van der Waals surface area contributed by atoms with Gasteiger partial charge in [-0.1, -0.05) is 30.3 Å². The van der Waals surface area contributed by atoms with Gasteiger partial charge in [0.05, 0.1) is 11.7 Å². The number of hydrogen-bond donors (Lipinski definition) is 1. The van der Waals surface area contributed by atoms with Crippen LogP contribution in [-0.4, -0.2) is 15.8 Å². The van der Waals surface area contributed by atoms with E-state index in [1.807, 2.05) is 55.5 Å². The van der Waals surface area contributed by atoms with E-state index in [2.05, 4.69) is 10.4 Å². The molecule has 1 aromatic heterocycles. The van der Waals surface area contributed by atoms with Crippen LogP contribution in [0.2, 0.25) is 0 Å². The number of carbonyl (C=O) groups excluding carboxylic acids is 1. The van der Waals surface area contributed by atoms with Crippen molar-refractivity contribution in [2.45, 2.75) is 6.92 Å². The lowest BCUT2D eigenvalue weighted by Crippen LogP contribution is -2.20. The van der Waals surface area contributed by atoms with Crippen LogP contribution in [0.15, 0.2) is 54.7 Å². The summed E-state index contributed by atoms with van der Waals surface area (Å²) in [7, 11) is 0. The summed E-state index contributed by atoms with van der Waals surface area (Å²) >= 11 is 0. The van der Waals surface area contributed by atoms with Crippen LogP contribution in [-0.2, 0) is 0 Å². The number of nitrogens with zero attached hydrogens (tertiary/aromatic N) is 2. The Kier molecular flexibility index (Phi) is 2.76. The topological polar surface area (TPSA) is 46.9 Å². The molecule has 2 aromatic carbocycles. The van der Waals surface area contributed by atoms with E-state index in [0.29, 0.717) is 0 Å². The van der Waals surface area contributed by atoms with Crippen molar-refractivity contribution < 1.29 is 4.79 Å². The number of para-hydroxylation sites is 1. The number of fused-ring (bicyclic) bond motifs is 1. The summed E-state index contributed by atoms with van der Waals surface area (Å²) in [5, 5.41) is 7.91. The van der Waals surface area contributed by atoms with Gasteiger partial charge in [-0.3, -0.25) is 0 Å². The Bertz CT molecular complexity index is 731. The average molecular weight is 251 g/mol. The first-order valence-corrected chi connectivity index (χ1v) is 6.05. The third-order valence-electron chi connectivity index (χ3n) is 2.94. The molecule has 94 valence electrons. The van der Waals surface area contributed by atoms with Crippen molar-refractivity contribution in [2.75, 3.05) is 5.32 Å². The van der Waals surface area contributed by atoms with Crippen LogP contribution in [0.4, 0.5) is 10.5 Å². The van der Waals surface area contributed by atoms with Crippen molar-refractivity contribution in [2.24, 2.45) is 0 Å². The van der Waals surface area contributed by atoms with Gasteiger partial charge in [-0.05, 0) is 30.7 Å². The Morgan fingerprint density at radius 1 is 1.16 bits per heavy atom. The second kappa shape index (κ2) is 4.57. The molecule has 19 heavy (non-hydrogen) atoms. The highest BCUT2D eigenvalue weighted by Gasteiger charge is 2.10. The number of carbonyl (C=O) groups is 1. The van der Waals surface area contributed by atoms with Gasteiger partial charge in [-0.15, -0.1) is 0 Å². The van der Waals surface area contributed by atoms with E-state index in [9.17, 15) is 4.79 Å². The fraction of sp³-hybridized carbons (Fsp3) is 0.0667. The molecule has 1 heterocycles. The molecule has 0 radical (unpaired) electrons. The molecule has 0 spiro atoms. The monoisotopic (exact) mass is 251 g/mol. The lowest BCUT2D eigenvalue weighted by molar-refractivity contribution is 0.252. The van der Waals surface area contributed by atoms with Crippen molar-refractivity contribution in [3.63, 3.8) is 0 Å². The van der Waals surface area contributed by atoms with Gasteiger partial charge in [-0.2, -0.15) is 9.78 Å². The first-order chi connectivity index (χ1) is 9.24. The predicted molar refractivity (Wildman–Crippen MR) is 75.3 cm³/mol. The summed E-state index contributed by atoms with van der Waals surface area (Å²) in [6.45, 7) is 1.99. The lowest BCUT2D eigenvalue weighted by atomic mass is 10.2. The molecule has 0 unspecified atom stereocenters. The molecule has 0 fully saturated rings. The highest BCUT2D eigenvalue weighted by Crippen LogP contribution is 2.16. The second-order valence-electron chi connectivity index (χ2n) is 4.41. The van der Waals surface area contributed by atoms with E-state index >= 15 is 0 Å². The van der Waals surface area contributed by atoms with Crippen molar-refractivity contribution >= 4 is 22.6 Å². The zero-order chi connectivity index (χ0) is 13.2. The number of aromatic nitrogens is 2. The van der Waals surface area contributed by atoms with E-state index in [0.717, 1.165) is 22.2 Å². The fourth-order valence-corrected chi connectivity index (χ4v) is 1.99. The number of nitrogens with one attached hydrogen (secondary N) is 1. The van der Waals surface area contributed by atoms with Crippen molar-refractivity contribution in [3.8, 4) is 0 Å². The van der Waals surface area contributed by atoms with Crippen LogP contribution in [0.25, 0.3) is 10.9 Å². The first-order valence-electron chi connectivity index (χ1n) is 6.05. The number of amides is 1. The van der Waals surface area contributed by atoms with Crippen molar-refractivity contribution in [1.82, 2.24) is 9.78 Å². The Balaban J connectivity index is 1.96. The molecule has 3 rings (SSSR count). The van der Waals surface area contributed by atoms with Gasteiger partial charge < -0.3 is 5.32 Å². The van der Waals surface area contributed by atoms with E-state index in [1.54, 1.807) is 6.20 Å². The third kappa shape index (κ3) is 2.20. The van der Waals surface area contributed by atoms with Crippen LogP contribution >= 0.6 is 0 Å². The van der Waals surface area contributed by atoms with Crippen LogP contribution < -0.4 is 5.32 Å². The highest BCUT2D eigenvalue weighted by molar-refractivity contribution is 5.97. The summed E-state index contributed by atoms with van der Waals surface area (Å²) in [6, 6.07) is 15.0. The van der Waals surface area contributed by atoms with Crippen LogP contribution in [0, 0.1) is 6.92 Å². The van der Waals surface area contributed by atoms with Crippen LogP contribution in [0.1, 0.15) is 5.56 Å². The SMILES string of the molecule is Cc1ccc2cnn(C(=O)Nc3ccccc3)c2c1. The highest BCUT2D eigenvalue weighted by atomic mass is 16.2. The molecule has 0 saturated heterocycles. The summed E-state index contributed by atoms with van der Waals surface area (Å²) < 4.78 is 1.38. The molecule has 0 bridgehead atoms. The Morgan fingerprint density at radius 2 is 1.95 bits per heavy atom. The molecule has 4 nitrogen and oxygen atoms in total. The predicted octanol–water partition coefficient (Wildman–Crippen LogP) is 3.42. The molecular formula is C15H13N3O. The molecule has 0 aliphatic rings. The molecular weight excluding hydrogens is 238 g/mol.